The molecule has 1 amide bonds. The maximum Gasteiger partial charge on any atom is 0.233 e. The average molecular weight is 380 g/mol. The zero-order valence-electron chi connectivity index (χ0n) is 14.1. The molecule has 1 aliphatic rings. The lowest BCUT2D eigenvalue weighted by Crippen LogP contribution is -2.32. The standard InChI is InChI=1S/C16H20N4O3S2/c1-22-10-5-6-13(23-2)11(8-10)12-4-3-7-20(12)14(21)9-24-16-19-18-15(17)25-16/h5-6,8,12H,3-4,7,9H2,1-2H3,(H2,17,18). The van der Waals surface area contributed by atoms with E-state index in [1.54, 1.807) is 14.2 Å². The molecule has 25 heavy (non-hydrogen) atoms. The van der Waals surface area contributed by atoms with Gasteiger partial charge in [-0.25, -0.2) is 0 Å². The number of carbonyl (C=O) groups excluding carboxylic acids is 1. The monoisotopic (exact) mass is 380 g/mol. The number of aromatic nitrogens is 2. The van der Waals surface area contributed by atoms with E-state index in [1.807, 2.05) is 23.1 Å². The van der Waals surface area contributed by atoms with Gasteiger partial charge in [0, 0.05) is 12.1 Å². The Morgan fingerprint density at radius 2 is 2.24 bits per heavy atom. The van der Waals surface area contributed by atoms with E-state index in [2.05, 4.69) is 10.2 Å². The number of hydrogen-bond acceptors (Lipinski definition) is 8. The van der Waals surface area contributed by atoms with Gasteiger partial charge in [-0.2, -0.15) is 0 Å². The number of nitrogens with two attached hydrogens (primary N) is 1. The van der Waals surface area contributed by atoms with Crippen LogP contribution in [0.25, 0.3) is 0 Å². The van der Waals surface area contributed by atoms with E-state index in [1.165, 1.54) is 23.1 Å². The number of thioether (sulfide) groups is 1. The summed E-state index contributed by atoms with van der Waals surface area (Å²) in [6, 6.07) is 5.69. The topological polar surface area (TPSA) is 90.6 Å². The molecule has 0 radical (unpaired) electrons. The molecule has 7 nitrogen and oxygen atoms in total. The Hall–Kier alpha value is -2.00. The maximum atomic E-state index is 12.7. The number of ether oxygens (including phenoxy) is 2. The van der Waals surface area contributed by atoms with Crippen molar-refractivity contribution in [3.8, 4) is 11.5 Å². The second-order valence-corrected chi connectivity index (χ2v) is 7.78. The van der Waals surface area contributed by atoms with Crippen LogP contribution in [0.2, 0.25) is 0 Å². The van der Waals surface area contributed by atoms with Gasteiger partial charge < -0.3 is 20.1 Å². The number of benzene rings is 1. The summed E-state index contributed by atoms with van der Waals surface area (Å²) in [7, 11) is 3.27. The van der Waals surface area contributed by atoms with Gasteiger partial charge in [0.15, 0.2) is 4.34 Å². The van der Waals surface area contributed by atoms with Crippen LogP contribution in [0.5, 0.6) is 11.5 Å². The number of hydrogen-bond donors (Lipinski definition) is 1. The van der Waals surface area contributed by atoms with Crippen LogP contribution in [0.3, 0.4) is 0 Å². The lowest BCUT2D eigenvalue weighted by Gasteiger charge is -2.26. The summed E-state index contributed by atoms with van der Waals surface area (Å²) < 4.78 is 11.5. The van der Waals surface area contributed by atoms with E-state index in [-0.39, 0.29) is 11.9 Å². The van der Waals surface area contributed by atoms with Crippen molar-refractivity contribution in [3.05, 3.63) is 23.8 Å². The molecule has 1 unspecified atom stereocenters. The fourth-order valence-corrected chi connectivity index (χ4v) is 4.50. The van der Waals surface area contributed by atoms with Crippen LogP contribution >= 0.6 is 23.1 Å². The van der Waals surface area contributed by atoms with Gasteiger partial charge in [-0.05, 0) is 31.0 Å². The smallest absolute Gasteiger partial charge is 0.233 e. The van der Waals surface area contributed by atoms with Gasteiger partial charge in [-0.15, -0.1) is 10.2 Å². The van der Waals surface area contributed by atoms with Gasteiger partial charge in [-0.1, -0.05) is 23.1 Å². The number of carbonyl (C=O) groups is 1. The van der Waals surface area contributed by atoms with Crippen molar-refractivity contribution >= 4 is 34.1 Å². The van der Waals surface area contributed by atoms with Gasteiger partial charge in [-0.3, -0.25) is 4.79 Å². The Labute approximate surface area is 154 Å². The Kier molecular flexibility index (Phi) is 5.64. The van der Waals surface area contributed by atoms with Crippen molar-refractivity contribution in [3.63, 3.8) is 0 Å². The number of amides is 1. The summed E-state index contributed by atoms with van der Waals surface area (Å²) in [5.74, 6) is 1.92. The van der Waals surface area contributed by atoms with E-state index in [4.69, 9.17) is 15.2 Å². The SMILES string of the molecule is COc1ccc(OC)c(C2CCCN2C(=O)CSc2nnc(N)s2)c1. The first-order chi connectivity index (χ1) is 12.1. The van der Waals surface area contributed by atoms with Crippen molar-refractivity contribution in [2.45, 2.75) is 23.2 Å². The molecule has 134 valence electrons. The highest BCUT2D eigenvalue weighted by molar-refractivity contribution is 8.01. The quantitative estimate of drug-likeness (QED) is 0.770. The fraction of sp³-hybridized carbons (Fsp3) is 0.438. The largest absolute Gasteiger partial charge is 0.497 e. The highest BCUT2D eigenvalue weighted by atomic mass is 32.2. The number of methoxy groups -OCH3 is 2. The van der Waals surface area contributed by atoms with E-state index < -0.39 is 0 Å². The zero-order valence-corrected chi connectivity index (χ0v) is 15.7. The van der Waals surface area contributed by atoms with Crippen molar-refractivity contribution < 1.29 is 14.3 Å². The molecule has 2 N–H and O–H groups in total. The van der Waals surface area contributed by atoms with Crippen molar-refractivity contribution in [2.75, 3.05) is 32.3 Å². The molecule has 0 saturated carbocycles. The summed E-state index contributed by atoms with van der Waals surface area (Å²) in [6.07, 6.45) is 1.87. The Bertz CT molecular complexity index is 753. The number of anilines is 1. The molecule has 2 aromatic rings. The molecule has 1 aromatic heterocycles. The molecule has 1 atom stereocenters. The van der Waals surface area contributed by atoms with Crippen LogP contribution in [0.1, 0.15) is 24.4 Å². The zero-order chi connectivity index (χ0) is 17.8. The van der Waals surface area contributed by atoms with Gasteiger partial charge in [0.2, 0.25) is 11.0 Å². The van der Waals surface area contributed by atoms with Crippen molar-refractivity contribution in [1.82, 2.24) is 15.1 Å². The molecule has 0 aliphatic carbocycles. The summed E-state index contributed by atoms with van der Waals surface area (Å²) >= 11 is 2.66. The second kappa shape index (κ2) is 7.92. The van der Waals surface area contributed by atoms with Crippen molar-refractivity contribution in [1.29, 1.82) is 0 Å². The summed E-state index contributed by atoms with van der Waals surface area (Å²) in [5.41, 5.74) is 6.56. The number of likely N-dealkylation sites (tertiary alicyclic amines) is 1. The normalized spacial score (nSPS) is 16.9. The van der Waals surface area contributed by atoms with Gasteiger partial charge in [0.1, 0.15) is 11.5 Å². The Balaban J connectivity index is 1.74. The van der Waals surface area contributed by atoms with Crippen molar-refractivity contribution in [2.24, 2.45) is 0 Å². The van der Waals surface area contributed by atoms with Crippen LogP contribution in [0, 0.1) is 0 Å². The first-order valence-electron chi connectivity index (χ1n) is 7.85. The molecule has 0 bridgehead atoms. The number of nitrogen functional groups attached to an aromatic ring is 1. The molecule has 1 fully saturated rings. The highest BCUT2D eigenvalue weighted by Crippen LogP contribution is 2.39. The molecular weight excluding hydrogens is 360 g/mol. The molecular formula is C16H20N4O3S2. The minimum atomic E-state index is -0.00219. The van der Waals surface area contributed by atoms with Gasteiger partial charge in [0.25, 0.3) is 0 Å². The molecule has 9 heteroatoms. The number of nitrogens with zero attached hydrogens (tertiary/aromatic N) is 3. The van der Waals surface area contributed by atoms with E-state index in [9.17, 15) is 4.79 Å². The third kappa shape index (κ3) is 3.98. The Morgan fingerprint density at radius 3 is 2.92 bits per heavy atom. The first-order valence-corrected chi connectivity index (χ1v) is 9.65. The summed E-state index contributed by atoms with van der Waals surface area (Å²) in [5, 5.41) is 8.12. The molecule has 0 spiro atoms. The van der Waals surface area contributed by atoms with Gasteiger partial charge >= 0.3 is 0 Å². The molecule has 1 saturated heterocycles. The van der Waals surface area contributed by atoms with E-state index >= 15 is 0 Å². The Morgan fingerprint density at radius 1 is 1.40 bits per heavy atom. The van der Waals surface area contributed by atoms with Crippen LogP contribution in [0.15, 0.2) is 22.5 Å². The molecule has 2 heterocycles. The molecule has 1 aliphatic heterocycles. The minimum absolute atomic E-state index is 0.00219. The van der Waals surface area contributed by atoms with E-state index in [0.29, 0.717) is 15.2 Å². The van der Waals surface area contributed by atoms with Crippen LogP contribution < -0.4 is 15.2 Å². The summed E-state index contributed by atoms with van der Waals surface area (Å²) in [4.78, 5) is 14.6. The predicted molar refractivity (Wildman–Crippen MR) is 98.3 cm³/mol. The van der Waals surface area contributed by atoms with Gasteiger partial charge in [0.05, 0.1) is 26.0 Å². The maximum absolute atomic E-state index is 12.7. The van der Waals surface area contributed by atoms with E-state index in [0.717, 1.165) is 36.4 Å². The lowest BCUT2D eigenvalue weighted by molar-refractivity contribution is -0.129. The second-order valence-electron chi connectivity index (χ2n) is 5.55. The summed E-state index contributed by atoms with van der Waals surface area (Å²) in [6.45, 7) is 0.739. The molecule has 1 aromatic carbocycles. The van der Waals surface area contributed by atoms with Crippen LogP contribution in [-0.4, -0.2) is 47.5 Å². The predicted octanol–water partition coefficient (Wildman–Crippen LogP) is 2.59. The fourth-order valence-electron chi connectivity index (χ4n) is 2.97. The van der Waals surface area contributed by atoms with Crippen LogP contribution in [-0.2, 0) is 4.79 Å². The van der Waals surface area contributed by atoms with Crippen LogP contribution in [0.4, 0.5) is 5.13 Å². The highest BCUT2D eigenvalue weighted by Gasteiger charge is 2.32. The first kappa shape index (κ1) is 17.8. The third-order valence-electron chi connectivity index (χ3n) is 4.11. The average Bonchev–Trinajstić information content (AvgIpc) is 3.28. The molecule has 3 rings (SSSR count). The minimum Gasteiger partial charge on any atom is -0.497 e. The lowest BCUT2D eigenvalue weighted by atomic mass is 10.0. The third-order valence-corrected chi connectivity index (χ3v) is 5.98. The number of rotatable bonds is 6.